The number of aldehydes is 1. The van der Waals surface area contributed by atoms with E-state index in [1.165, 1.54) is 105 Å². The van der Waals surface area contributed by atoms with Gasteiger partial charge in [-0.05, 0) is 207 Å². The van der Waals surface area contributed by atoms with Crippen molar-refractivity contribution in [2.75, 3.05) is 20.8 Å². The summed E-state index contributed by atoms with van der Waals surface area (Å²) in [5.74, 6) is 6.94. The Morgan fingerprint density at radius 2 is 0.861 bits per heavy atom. The van der Waals surface area contributed by atoms with Crippen LogP contribution in [-0.2, 0) is 10.8 Å². The average Bonchev–Trinajstić information content (AvgIpc) is 3.40. The van der Waals surface area contributed by atoms with E-state index in [-0.39, 0.29) is 23.6 Å². The highest BCUT2D eigenvalue weighted by molar-refractivity contribution is 6.08. The molecule has 0 heterocycles. The van der Waals surface area contributed by atoms with Crippen LogP contribution in [0, 0.1) is 35.5 Å². The summed E-state index contributed by atoms with van der Waals surface area (Å²) in [7, 11) is 3.30. The maximum Gasteiger partial charge on any atom is 0.189 e. The normalized spacial score (nSPS) is 25.7. The van der Waals surface area contributed by atoms with Crippen molar-refractivity contribution in [3.8, 4) is 33.8 Å². The van der Waals surface area contributed by atoms with Crippen molar-refractivity contribution >= 4 is 23.9 Å². The number of rotatable bonds is 11. The van der Waals surface area contributed by atoms with E-state index < -0.39 is 0 Å². The van der Waals surface area contributed by atoms with Gasteiger partial charge < -0.3 is 14.6 Å². The minimum atomic E-state index is 0.00978. The molecule has 6 heteroatoms. The first-order valence-electron chi connectivity index (χ1n) is 26.5. The second-order valence-corrected chi connectivity index (χ2v) is 21.9. The number of allylic oxidation sites excluding steroid dienone is 1. The molecule has 6 nitrogen and oxygen atoms in total. The minimum absolute atomic E-state index is 0.00978. The Labute approximate surface area is 427 Å². The van der Waals surface area contributed by atoms with E-state index in [1.54, 1.807) is 34.1 Å². The third-order valence-corrected chi connectivity index (χ3v) is 16.9. The third kappa shape index (κ3) is 11.3. The molecule has 1 N–H and O–H groups in total. The van der Waals surface area contributed by atoms with Crippen LogP contribution in [-0.4, -0.2) is 43.8 Å². The van der Waals surface area contributed by atoms with Gasteiger partial charge in [0.25, 0.3) is 0 Å². The molecule has 14 rings (SSSR count). The number of hydrogen-bond acceptors (Lipinski definition) is 6. The Balaban J connectivity index is 0.000000143. The lowest BCUT2D eigenvalue weighted by atomic mass is 9.48. The van der Waals surface area contributed by atoms with Crippen molar-refractivity contribution in [1.82, 2.24) is 0 Å². The van der Waals surface area contributed by atoms with E-state index in [9.17, 15) is 14.4 Å². The van der Waals surface area contributed by atoms with Gasteiger partial charge >= 0.3 is 0 Å². The van der Waals surface area contributed by atoms with E-state index >= 15 is 0 Å². The quantitative estimate of drug-likeness (QED) is 0.0790. The van der Waals surface area contributed by atoms with E-state index in [0.717, 1.165) is 64.2 Å². The van der Waals surface area contributed by atoms with Crippen LogP contribution in [0.1, 0.15) is 139 Å². The number of ether oxygens (including phenoxy) is 2. The molecule has 0 aliphatic heterocycles. The molecule has 6 aromatic carbocycles. The minimum Gasteiger partial charge on any atom is -0.496 e. The molecule has 0 amide bonds. The molecule has 6 aromatic rings. The number of carbonyl (C=O) groups excluding carboxylic acids is 3. The van der Waals surface area contributed by atoms with Gasteiger partial charge in [-0.2, -0.15) is 0 Å². The van der Waals surface area contributed by atoms with Crippen LogP contribution in [0.25, 0.3) is 28.3 Å². The Morgan fingerprint density at radius 1 is 0.514 bits per heavy atom. The van der Waals surface area contributed by atoms with Crippen LogP contribution in [0.5, 0.6) is 11.5 Å². The Morgan fingerprint density at radius 3 is 1.22 bits per heavy atom. The number of Topliss-reactive ketones (excluding diaryl/α,β-unsaturated/α-hetero) is 1. The predicted octanol–water partition coefficient (Wildman–Crippen LogP) is 15.3. The van der Waals surface area contributed by atoms with Gasteiger partial charge in [0.2, 0.25) is 0 Å². The molecular formula is C66H72O6. The van der Waals surface area contributed by atoms with Gasteiger partial charge in [-0.25, -0.2) is 0 Å². The molecule has 372 valence electrons. The van der Waals surface area contributed by atoms with Crippen LogP contribution in [0.2, 0.25) is 0 Å². The second kappa shape index (κ2) is 22.6. The molecule has 0 saturated heterocycles. The molecular weight excluding hydrogens is 889 g/mol. The highest BCUT2D eigenvalue weighted by atomic mass is 16.5. The van der Waals surface area contributed by atoms with Gasteiger partial charge in [0, 0.05) is 12.2 Å². The molecule has 8 fully saturated rings. The molecule has 72 heavy (non-hydrogen) atoms. The molecule has 0 atom stereocenters. The van der Waals surface area contributed by atoms with Crippen molar-refractivity contribution in [2.24, 2.45) is 35.5 Å². The van der Waals surface area contributed by atoms with Crippen LogP contribution >= 0.6 is 0 Å². The van der Waals surface area contributed by atoms with Gasteiger partial charge in [-0.15, -0.1) is 0 Å². The van der Waals surface area contributed by atoms with Crippen molar-refractivity contribution < 1.29 is 29.0 Å². The number of carbonyl (C=O) groups is 3. The Kier molecular flexibility index (Phi) is 15.9. The highest BCUT2D eigenvalue weighted by Crippen LogP contribution is 2.62. The molecule has 8 aliphatic rings. The molecule has 0 aromatic heterocycles. The summed E-state index contributed by atoms with van der Waals surface area (Å²) >= 11 is 0. The van der Waals surface area contributed by atoms with Gasteiger partial charge in [0.05, 0.1) is 25.3 Å². The largest absolute Gasteiger partial charge is 0.496 e. The smallest absolute Gasteiger partial charge is 0.189 e. The van der Waals surface area contributed by atoms with E-state index in [0.29, 0.717) is 22.3 Å². The maximum atomic E-state index is 13.3. The van der Waals surface area contributed by atoms with Crippen molar-refractivity contribution in [1.29, 1.82) is 0 Å². The molecule has 0 radical (unpaired) electrons. The highest BCUT2D eigenvalue weighted by Gasteiger charge is 2.53. The number of ketones is 2. The summed E-state index contributed by atoms with van der Waals surface area (Å²) in [6.07, 6.45) is 21.0. The lowest BCUT2D eigenvalue weighted by Crippen LogP contribution is -2.48. The van der Waals surface area contributed by atoms with Gasteiger partial charge in [0.15, 0.2) is 11.6 Å². The second-order valence-electron chi connectivity index (χ2n) is 21.9. The fourth-order valence-electron chi connectivity index (χ4n) is 14.5. The van der Waals surface area contributed by atoms with E-state index in [2.05, 4.69) is 72.8 Å². The van der Waals surface area contributed by atoms with Crippen molar-refractivity contribution in [3.63, 3.8) is 0 Å². The van der Waals surface area contributed by atoms with E-state index in [1.807, 2.05) is 78.9 Å². The molecule has 0 unspecified atom stereocenters. The van der Waals surface area contributed by atoms with Crippen molar-refractivity contribution in [2.45, 2.75) is 102 Å². The first-order chi connectivity index (χ1) is 35.0. The lowest BCUT2D eigenvalue weighted by molar-refractivity contribution is -0.00535. The Bertz CT molecular complexity index is 2750. The SMILES string of the molecule is CCO.COc1ccc(C23CC4CC(CC(C4)C2)C3)cc1C(=O)/C=C/c1ccc(-c2ccccc2)cc1.COc1ccc(C23CC4CC(CC(C4)C2)C3)cc1C(C)=O.O=Cc1ccc(-c2ccccc2)cc1. The summed E-state index contributed by atoms with van der Waals surface area (Å²) in [6, 6.07) is 49.1. The zero-order valence-electron chi connectivity index (χ0n) is 42.7. The molecule has 8 saturated carbocycles. The Hall–Kier alpha value is -6.37. The van der Waals surface area contributed by atoms with Gasteiger partial charge in [0.1, 0.15) is 17.8 Å². The fraction of sp³-hybridized carbons (Fsp3) is 0.379. The number of methoxy groups -OCH3 is 2. The third-order valence-electron chi connectivity index (χ3n) is 16.9. The average molecular weight is 961 g/mol. The first kappa shape index (κ1) is 50.6. The monoisotopic (exact) mass is 961 g/mol. The lowest BCUT2D eigenvalue weighted by Gasteiger charge is -2.57. The molecule has 8 bridgehead atoms. The summed E-state index contributed by atoms with van der Waals surface area (Å²) in [4.78, 5) is 35.7. The van der Waals surface area contributed by atoms with Crippen LogP contribution in [0.4, 0.5) is 0 Å². The summed E-state index contributed by atoms with van der Waals surface area (Å²) in [5.41, 5.74) is 11.2. The zero-order valence-corrected chi connectivity index (χ0v) is 42.7. The number of aliphatic hydroxyl groups is 1. The summed E-state index contributed by atoms with van der Waals surface area (Å²) < 4.78 is 11.0. The van der Waals surface area contributed by atoms with Crippen LogP contribution in [0.15, 0.2) is 152 Å². The van der Waals surface area contributed by atoms with Crippen LogP contribution in [0.3, 0.4) is 0 Å². The predicted molar refractivity (Wildman–Crippen MR) is 291 cm³/mol. The number of aliphatic hydroxyl groups excluding tert-OH is 1. The topological polar surface area (TPSA) is 89.9 Å². The molecule has 8 aliphatic carbocycles. The number of hydrogen-bond donors (Lipinski definition) is 1. The van der Waals surface area contributed by atoms with Crippen LogP contribution < -0.4 is 9.47 Å². The fourth-order valence-corrected chi connectivity index (χ4v) is 14.5. The van der Waals surface area contributed by atoms with E-state index in [4.69, 9.17) is 14.6 Å². The summed E-state index contributed by atoms with van der Waals surface area (Å²) in [6.45, 7) is 3.57. The maximum absolute atomic E-state index is 13.3. The summed E-state index contributed by atoms with van der Waals surface area (Å²) in [5, 5.41) is 7.57. The zero-order chi connectivity index (χ0) is 50.2. The van der Waals surface area contributed by atoms with Gasteiger partial charge in [-0.3, -0.25) is 14.4 Å². The standard InChI is InChI=1S/C32H32O2.C19H24O2.C13H10O.C2H6O/c1-34-31-14-12-28(32-19-23-15-24(20-32)17-25(16-23)21-32)18-29(31)30(33)13-9-22-7-10-27(11-8-22)26-5-3-2-4-6-26;1-12(20)17-8-16(3-4-18(17)21-2)19-9-13-5-14(10-19)7-15(6-13)11-19;14-10-11-6-8-13(9-7-11)12-4-2-1-3-5-12;1-2-3/h2-14,18,23-25H,15-17,19-21H2,1H3;3-4,8,13-15H,5-7,9-11H2,1-2H3;1-10H;3H,2H2,1H3/b13-9+;;;. The first-order valence-corrected chi connectivity index (χ1v) is 26.5. The number of benzene rings is 6. The van der Waals surface area contributed by atoms with Crippen molar-refractivity contribution in [3.05, 3.63) is 185 Å². The van der Waals surface area contributed by atoms with Gasteiger partial charge in [-0.1, -0.05) is 127 Å². The molecule has 0 spiro atoms.